The first-order valence-electron chi connectivity index (χ1n) is 8.71. The zero-order valence-electron chi connectivity index (χ0n) is 14.4. The maximum Gasteiger partial charge on any atom is 0.223 e. The monoisotopic (exact) mass is 384 g/mol. The highest BCUT2D eigenvalue weighted by Crippen LogP contribution is 2.28. The standard InChI is InChI=1S/C17H24N2O4S2/c1-2-3-16(20)18-7-8-19(15-12-25(22,23)11-14(15)18)17(21)5-4-13-6-9-24-10-13/h6,9-10,14-15H,2-5,7-8,11-12H2,1H3/t14-,15+/m1/s1. The largest absolute Gasteiger partial charge is 0.335 e. The van der Waals surface area contributed by atoms with Crippen LogP contribution in [0.5, 0.6) is 0 Å². The number of fused-ring (bicyclic) bond motifs is 1. The number of hydrogen-bond acceptors (Lipinski definition) is 5. The van der Waals surface area contributed by atoms with Crippen LogP contribution >= 0.6 is 11.3 Å². The van der Waals surface area contributed by atoms with E-state index in [1.54, 1.807) is 21.1 Å². The third-order valence-corrected chi connectivity index (χ3v) is 7.42. The van der Waals surface area contributed by atoms with Gasteiger partial charge in [-0.05, 0) is 35.2 Å². The van der Waals surface area contributed by atoms with Gasteiger partial charge in [0.05, 0.1) is 23.6 Å². The van der Waals surface area contributed by atoms with Crippen molar-refractivity contribution in [3.8, 4) is 0 Å². The van der Waals surface area contributed by atoms with Gasteiger partial charge < -0.3 is 9.80 Å². The molecule has 3 heterocycles. The number of carbonyl (C=O) groups excluding carboxylic acids is 2. The van der Waals surface area contributed by atoms with Crippen molar-refractivity contribution >= 4 is 33.0 Å². The van der Waals surface area contributed by atoms with E-state index >= 15 is 0 Å². The highest BCUT2D eigenvalue weighted by Gasteiger charge is 2.48. The summed E-state index contributed by atoms with van der Waals surface area (Å²) in [5.74, 6) is -0.0694. The molecule has 2 saturated heterocycles. The molecule has 0 aromatic carbocycles. The molecule has 2 fully saturated rings. The van der Waals surface area contributed by atoms with Gasteiger partial charge in [-0.3, -0.25) is 9.59 Å². The van der Waals surface area contributed by atoms with Crippen LogP contribution < -0.4 is 0 Å². The first-order valence-corrected chi connectivity index (χ1v) is 11.5. The Morgan fingerprint density at radius 2 is 1.72 bits per heavy atom. The number of sulfone groups is 1. The minimum absolute atomic E-state index is 0.0000258. The van der Waals surface area contributed by atoms with E-state index in [0.29, 0.717) is 32.4 Å². The predicted molar refractivity (Wildman–Crippen MR) is 97.2 cm³/mol. The highest BCUT2D eigenvalue weighted by atomic mass is 32.2. The van der Waals surface area contributed by atoms with Crippen molar-refractivity contribution in [1.29, 1.82) is 0 Å². The number of hydrogen-bond donors (Lipinski definition) is 0. The minimum Gasteiger partial charge on any atom is -0.335 e. The van der Waals surface area contributed by atoms with Crippen molar-refractivity contribution in [1.82, 2.24) is 9.80 Å². The lowest BCUT2D eigenvalue weighted by Crippen LogP contribution is -2.62. The number of piperazine rings is 1. The van der Waals surface area contributed by atoms with E-state index in [1.165, 1.54) is 0 Å². The molecule has 2 atom stereocenters. The minimum atomic E-state index is -3.22. The van der Waals surface area contributed by atoms with Crippen LogP contribution in [0.15, 0.2) is 16.8 Å². The van der Waals surface area contributed by atoms with Gasteiger partial charge in [-0.1, -0.05) is 6.92 Å². The summed E-state index contributed by atoms with van der Waals surface area (Å²) in [6.07, 6.45) is 2.21. The number of rotatable bonds is 5. The molecular weight excluding hydrogens is 360 g/mol. The summed E-state index contributed by atoms with van der Waals surface area (Å²) < 4.78 is 24.3. The summed E-state index contributed by atoms with van der Waals surface area (Å²) >= 11 is 1.60. The number of aryl methyl sites for hydroxylation is 1. The van der Waals surface area contributed by atoms with Crippen molar-refractivity contribution in [2.45, 2.75) is 44.7 Å². The summed E-state index contributed by atoms with van der Waals surface area (Å²) in [4.78, 5) is 28.4. The number of thiophene rings is 1. The Hall–Kier alpha value is -1.41. The van der Waals surface area contributed by atoms with Gasteiger partial charge in [0.1, 0.15) is 0 Å². The molecule has 0 unspecified atom stereocenters. The molecule has 0 saturated carbocycles. The summed E-state index contributed by atoms with van der Waals surface area (Å²) in [5, 5.41) is 4.01. The predicted octanol–water partition coefficient (Wildman–Crippen LogP) is 1.32. The smallest absolute Gasteiger partial charge is 0.223 e. The Balaban J connectivity index is 1.71. The molecule has 8 heteroatoms. The summed E-state index contributed by atoms with van der Waals surface area (Å²) in [6, 6.07) is 1.22. The third-order valence-electron chi connectivity index (χ3n) is 4.99. The van der Waals surface area contributed by atoms with Crippen LogP contribution in [-0.2, 0) is 25.8 Å². The van der Waals surface area contributed by atoms with E-state index in [9.17, 15) is 18.0 Å². The van der Waals surface area contributed by atoms with E-state index in [1.807, 2.05) is 23.8 Å². The van der Waals surface area contributed by atoms with Gasteiger partial charge in [0.25, 0.3) is 0 Å². The van der Waals surface area contributed by atoms with E-state index in [0.717, 1.165) is 12.0 Å². The number of carbonyl (C=O) groups is 2. The van der Waals surface area contributed by atoms with Gasteiger partial charge in [-0.25, -0.2) is 8.42 Å². The Morgan fingerprint density at radius 3 is 2.24 bits per heavy atom. The number of amides is 2. The summed E-state index contributed by atoms with van der Waals surface area (Å²) in [5.41, 5.74) is 1.13. The summed E-state index contributed by atoms with van der Waals surface area (Å²) in [6.45, 7) is 2.79. The van der Waals surface area contributed by atoms with E-state index in [-0.39, 0.29) is 29.4 Å². The fraction of sp³-hybridized carbons (Fsp3) is 0.647. The Morgan fingerprint density at radius 1 is 1.12 bits per heavy atom. The van der Waals surface area contributed by atoms with Crippen LogP contribution in [0, 0.1) is 0 Å². The van der Waals surface area contributed by atoms with Crippen LogP contribution in [0.3, 0.4) is 0 Å². The SMILES string of the molecule is CCCC(=O)N1CCN(C(=O)CCc2ccsc2)[C@H]2CS(=O)(=O)C[C@H]21. The van der Waals surface area contributed by atoms with Gasteiger partial charge in [0, 0.05) is 25.9 Å². The molecule has 2 amide bonds. The molecule has 1 aromatic rings. The van der Waals surface area contributed by atoms with Gasteiger partial charge in [-0.2, -0.15) is 11.3 Å². The quantitative estimate of drug-likeness (QED) is 0.767. The topological polar surface area (TPSA) is 74.8 Å². The van der Waals surface area contributed by atoms with Gasteiger partial charge in [-0.15, -0.1) is 0 Å². The molecule has 25 heavy (non-hydrogen) atoms. The van der Waals surface area contributed by atoms with Crippen LogP contribution in [0.1, 0.15) is 31.7 Å². The van der Waals surface area contributed by atoms with Crippen LogP contribution in [-0.4, -0.2) is 66.7 Å². The average molecular weight is 385 g/mol. The normalized spacial score (nSPS) is 25.0. The van der Waals surface area contributed by atoms with Gasteiger partial charge in [0.15, 0.2) is 9.84 Å². The van der Waals surface area contributed by atoms with E-state index in [4.69, 9.17) is 0 Å². The first kappa shape index (κ1) is 18.4. The second-order valence-corrected chi connectivity index (χ2v) is 9.70. The second kappa shape index (κ2) is 7.45. The molecule has 3 rings (SSSR count). The molecule has 2 aliphatic rings. The Kier molecular flexibility index (Phi) is 5.48. The van der Waals surface area contributed by atoms with Gasteiger partial charge >= 0.3 is 0 Å². The molecule has 1 aromatic heterocycles. The zero-order valence-corrected chi connectivity index (χ0v) is 16.0. The maximum absolute atomic E-state index is 12.7. The molecule has 0 bridgehead atoms. The van der Waals surface area contributed by atoms with E-state index in [2.05, 4.69) is 0 Å². The van der Waals surface area contributed by atoms with Crippen LogP contribution in [0.2, 0.25) is 0 Å². The first-order chi connectivity index (χ1) is 11.9. The molecule has 0 radical (unpaired) electrons. The highest BCUT2D eigenvalue weighted by molar-refractivity contribution is 7.91. The third kappa shape index (κ3) is 4.06. The molecule has 0 spiro atoms. The van der Waals surface area contributed by atoms with Crippen molar-refractivity contribution in [2.75, 3.05) is 24.6 Å². The van der Waals surface area contributed by atoms with Crippen LogP contribution in [0.25, 0.3) is 0 Å². The van der Waals surface area contributed by atoms with Crippen molar-refractivity contribution in [3.63, 3.8) is 0 Å². The van der Waals surface area contributed by atoms with Gasteiger partial charge in [0.2, 0.25) is 11.8 Å². The second-order valence-electron chi connectivity index (χ2n) is 6.77. The average Bonchev–Trinajstić information content (AvgIpc) is 3.17. The van der Waals surface area contributed by atoms with Crippen molar-refractivity contribution in [2.24, 2.45) is 0 Å². The number of nitrogens with zero attached hydrogens (tertiary/aromatic N) is 2. The Labute approximate surface area is 152 Å². The fourth-order valence-corrected chi connectivity index (χ4v) is 6.44. The van der Waals surface area contributed by atoms with E-state index < -0.39 is 15.9 Å². The zero-order chi connectivity index (χ0) is 18.0. The lowest BCUT2D eigenvalue weighted by molar-refractivity contribution is -0.145. The lowest BCUT2D eigenvalue weighted by Gasteiger charge is -2.44. The Bertz CT molecular complexity index is 730. The molecule has 2 aliphatic heterocycles. The molecule has 0 N–H and O–H groups in total. The van der Waals surface area contributed by atoms with Crippen LogP contribution in [0.4, 0.5) is 0 Å². The molecule has 6 nitrogen and oxygen atoms in total. The molecule has 0 aliphatic carbocycles. The summed E-state index contributed by atoms with van der Waals surface area (Å²) in [7, 11) is -3.22. The fourth-order valence-electron chi connectivity index (χ4n) is 3.76. The lowest BCUT2D eigenvalue weighted by atomic mass is 10.0. The molecular formula is C17H24N2O4S2. The maximum atomic E-state index is 12.7. The van der Waals surface area contributed by atoms with Crippen molar-refractivity contribution in [3.05, 3.63) is 22.4 Å². The van der Waals surface area contributed by atoms with Crippen molar-refractivity contribution < 1.29 is 18.0 Å². The molecule has 138 valence electrons.